The number of thioether (sulfide) groups is 1. The molecule has 8 heteroatoms. The standard InChI is InChI=1S/C12H17N5O2S/c1-8(2)17-7-13-15-12(17)20-5-4-11(18)14-10-6-9(3)19-16-10/h6-8H,4-5H2,1-3H3,(H,14,16,18). The van der Waals surface area contributed by atoms with Gasteiger partial charge < -0.3 is 14.4 Å². The van der Waals surface area contributed by atoms with Crippen LogP contribution in [0.5, 0.6) is 0 Å². The van der Waals surface area contributed by atoms with Gasteiger partial charge in [-0.05, 0) is 20.8 Å². The molecular weight excluding hydrogens is 278 g/mol. The summed E-state index contributed by atoms with van der Waals surface area (Å²) in [6, 6.07) is 1.99. The Balaban J connectivity index is 1.78. The second-order valence-electron chi connectivity index (χ2n) is 4.58. The monoisotopic (exact) mass is 295 g/mol. The van der Waals surface area contributed by atoms with E-state index in [0.717, 1.165) is 5.16 Å². The van der Waals surface area contributed by atoms with Gasteiger partial charge in [-0.1, -0.05) is 16.9 Å². The largest absolute Gasteiger partial charge is 0.360 e. The SMILES string of the molecule is Cc1cc(NC(=O)CCSc2nncn2C(C)C)no1. The summed E-state index contributed by atoms with van der Waals surface area (Å²) in [6.07, 6.45) is 2.08. The molecule has 0 atom stereocenters. The molecule has 108 valence electrons. The number of aryl methyl sites for hydroxylation is 1. The molecule has 0 fully saturated rings. The van der Waals surface area contributed by atoms with Gasteiger partial charge in [0.25, 0.3) is 0 Å². The van der Waals surface area contributed by atoms with Crippen LogP contribution in [-0.2, 0) is 4.79 Å². The molecule has 7 nitrogen and oxygen atoms in total. The van der Waals surface area contributed by atoms with Crippen molar-refractivity contribution in [2.24, 2.45) is 0 Å². The van der Waals surface area contributed by atoms with Crippen LogP contribution in [0.4, 0.5) is 5.82 Å². The molecule has 2 heterocycles. The number of amides is 1. The second kappa shape index (κ2) is 6.56. The maximum absolute atomic E-state index is 11.7. The number of carbonyl (C=O) groups is 1. The third-order valence-electron chi connectivity index (χ3n) is 2.55. The normalized spacial score (nSPS) is 11.0. The molecule has 0 aromatic carbocycles. The molecule has 0 aliphatic rings. The highest BCUT2D eigenvalue weighted by molar-refractivity contribution is 7.99. The number of hydrogen-bond acceptors (Lipinski definition) is 6. The van der Waals surface area contributed by atoms with E-state index >= 15 is 0 Å². The van der Waals surface area contributed by atoms with Gasteiger partial charge in [0.1, 0.15) is 12.1 Å². The Labute approximate surface area is 121 Å². The summed E-state index contributed by atoms with van der Waals surface area (Å²) in [5.74, 6) is 1.65. The van der Waals surface area contributed by atoms with E-state index in [0.29, 0.717) is 29.8 Å². The van der Waals surface area contributed by atoms with Crippen molar-refractivity contribution in [3.63, 3.8) is 0 Å². The lowest BCUT2D eigenvalue weighted by Crippen LogP contribution is -2.12. The average molecular weight is 295 g/mol. The summed E-state index contributed by atoms with van der Waals surface area (Å²) in [5, 5.41) is 15.1. The number of rotatable bonds is 6. The molecule has 20 heavy (non-hydrogen) atoms. The van der Waals surface area contributed by atoms with Crippen LogP contribution in [0, 0.1) is 6.92 Å². The van der Waals surface area contributed by atoms with Crippen molar-refractivity contribution in [3.05, 3.63) is 18.2 Å². The molecular formula is C12H17N5O2S. The lowest BCUT2D eigenvalue weighted by atomic mass is 10.4. The molecule has 2 rings (SSSR count). The van der Waals surface area contributed by atoms with E-state index in [-0.39, 0.29) is 5.91 Å². The fourth-order valence-electron chi connectivity index (χ4n) is 1.56. The zero-order chi connectivity index (χ0) is 14.5. The predicted molar refractivity (Wildman–Crippen MR) is 75.6 cm³/mol. The maximum Gasteiger partial charge on any atom is 0.226 e. The Hall–Kier alpha value is -1.83. The number of nitrogens with zero attached hydrogens (tertiary/aromatic N) is 4. The first-order valence-electron chi connectivity index (χ1n) is 6.31. The van der Waals surface area contributed by atoms with E-state index in [1.165, 1.54) is 11.8 Å². The zero-order valence-corrected chi connectivity index (χ0v) is 12.5. The van der Waals surface area contributed by atoms with Crippen LogP contribution in [0.3, 0.4) is 0 Å². The van der Waals surface area contributed by atoms with Crippen molar-refractivity contribution in [2.45, 2.75) is 38.4 Å². The molecule has 0 aliphatic carbocycles. The van der Waals surface area contributed by atoms with Crippen molar-refractivity contribution < 1.29 is 9.32 Å². The lowest BCUT2D eigenvalue weighted by molar-refractivity contribution is -0.115. The Bertz CT molecular complexity index is 578. The van der Waals surface area contributed by atoms with Gasteiger partial charge in [-0.2, -0.15) is 0 Å². The highest BCUT2D eigenvalue weighted by Crippen LogP contribution is 2.19. The summed E-state index contributed by atoms with van der Waals surface area (Å²) in [6.45, 7) is 5.90. The van der Waals surface area contributed by atoms with Gasteiger partial charge in [0, 0.05) is 24.3 Å². The second-order valence-corrected chi connectivity index (χ2v) is 5.65. The molecule has 2 aromatic heterocycles. The number of nitrogens with one attached hydrogen (secondary N) is 1. The minimum Gasteiger partial charge on any atom is -0.360 e. The fourth-order valence-corrected chi connectivity index (χ4v) is 2.54. The molecule has 1 N–H and O–H groups in total. The Morgan fingerprint density at radius 3 is 3.00 bits per heavy atom. The van der Waals surface area contributed by atoms with Crippen molar-refractivity contribution in [1.82, 2.24) is 19.9 Å². The molecule has 0 radical (unpaired) electrons. The molecule has 0 spiro atoms. The summed E-state index contributed by atoms with van der Waals surface area (Å²) in [7, 11) is 0. The molecule has 0 unspecified atom stereocenters. The quantitative estimate of drug-likeness (QED) is 0.823. The van der Waals surface area contributed by atoms with Crippen LogP contribution >= 0.6 is 11.8 Å². The Kier molecular flexibility index (Phi) is 4.78. The van der Waals surface area contributed by atoms with E-state index in [2.05, 4.69) is 34.5 Å². The van der Waals surface area contributed by atoms with Gasteiger partial charge in [0.15, 0.2) is 11.0 Å². The lowest BCUT2D eigenvalue weighted by Gasteiger charge is -2.08. The zero-order valence-electron chi connectivity index (χ0n) is 11.7. The Morgan fingerprint density at radius 2 is 2.35 bits per heavy atom. The molecule has 0 aliphatic heterocycles. The van der Waals surface area contributed by atoms with Gasteiger partial charge >= 0.3 is 0 Å². The highest BCUT2D eigenvalue weighted by Gasteiger charge is 2.10. The van der Waals surface area contributed by atoms with Crippen molar-refractivity contribution >= 4 is 23.5 Å². The fraction of sp³-hybridized carbons (Fsp3) is 0.500. The maximum atomic E-state index is 11.7. The van der Waals surface area contributed by atoms with Crippen molar-refractivity contribution in [3.8, 4) is 0 Å². The van der Waals surface area contributed by atoms with Crippen LogP contribution in [0.25, 0.3) is 0 Å². The first-order valence-corrected chi connectivity index (χ1v) is 7.30. The van der Waals surface area contributed by atoms with Crippen LogP contribution in [0.15, 0.2) is 22.1 Å². The van der Waals surface area contributed by atoms with Crippen molar-refractivity contribution in [1.29, 1.82) is 0 Å². The van der Waals surface area contributed by atoms with E-state index in [4.69, 9.17) is 4.52 Å². The van der Waals surface area contributed by atoms with Crippen LogP contribution in [-0.4, -0.2) is 31.6 Å². The third-order valence-corrected chi connectivity index (χ3v) is 3.51. The molecule has 2 aromatic rings. The summed E-state index contributed by atoms with van der Waals surface area (Å²) < 4.78 is 6.86. The smallest absolute Gasteiger partial charge is 0.226 e. The minimum absolute atomic E-state index is 0.0959. The van der Waals surface area contributed by atoms with Gasteiger partial charge in [0.05, 0.1) is 0 Å². The molecule has 0 bridgehead atoms. The summed E-state index contributed by atoms with van der Waals surface area (Å²) in [5.41, 5.74) is 0. The van der Waals surface area contributed by atoms with Gasteiger partial charge in [0.2, 0.25) is 5.91 Å². The first-order chi connectivity index (χ1) is 9.56. The number of anilines is 1. The summed E-state index contributed by atoms with van der Waals surface area (Å²) >= 11 is 1.51. The van der Waals surface area contributed by atoms with Gasteiger partial charge in [-0.3, -0.25) is 4.79 Å². The van der Waals surface area contributed by atoms with Crippen molar-refractivity contribution in [2.75, 3.05) is 11.1 Å². The minimum atomic E-state index is -0.0959. The van der Waals surface area contributed by atoms with E-state index in [9.17, 15) is 4.79 Å². The first kappa shape index (κ1) is 14.6. The molecule has 0 saturated carbocycles. The van der Waals surface area contributed by atoms with Crippen LogP contribution in [0.1, 0.15) is 32.1 Å². The topological polar surface area (TPSA) is 85.8 Å². The van der Waals surface area contributed by atoms with E-state index in [1.807, 2.05) is 4.57 Å². The highest BCUT2D eigenvalue weighted by atomic mass is 32.2. The summed E-state index contributed by atoms with van der Waals surface area (Å²) in [4.78, 5) is 11.7. The van der Waals surface area contributed by atoms with Gasteiger partial charge in [-0.25, -0.2) is 0 Å². The van der Waals surface area contributed by atoms with E-state index in [1.54, 1.807) is 19.3 Å². The average Bonchev–Trinajstić information content (AvgIpc) is 2.98. The molecule has 0 saturated heterocycles. The number of carbonyl (C=O) groups excluding carboxylic acids is 1. The predicted octanol–water partition coefficient (Wildman–Crippen LogP) is 2.28. The molecule has 1 amide bonds. The Morgan fingerprint density at radius 1 is 1.55 bits per heavy atom. The van der Waals surface area contributed by atoms with Crippen LogP contribution < -0.4 is 5.32 Å². The number of hydrogen-bond donors (Lipinski definition) is 1. The van der Waals surface area contributed by atoms with Crippen LogP contribution in [0.2, 0.25) is 0 Å². The van der Waals surface area contributed by atoms with E-state index < -0.39 is 0 Å². The number of aromatic nitrogens is 4. The third kappa shape index (κ3) is 3.83. The van der Waals surface area contributed by atoms with Gasteiger partial charge in [-0.15, -0.1) is 10.2 Å².